The number of aromatic nitrogens is 2. The van der Waals surface area contributed by atoms with Crippen LogP contribution in [-0.2, 0) is 11.8 Å². The van der Waals surface area contributed by atoms with Crippen LogP contribution in [0.15, 0.2) is 35.4 Å². The molecule has 1 amide bonds. The van der Waals surface area contributed by atoms with Crippen LogP contribution in [0.4, 0.5) is 0 Å². The first-order valence-corrected chi connectivity index (χ1v) is 6.44. The lowest BCUT2D eigenvalue weighted by Gasteiger charge is -2.01. The minimum Gasteiger partial charge on any atom is -0.356 e. The minimum absolute atomic E-state index is 0.0290. The predicted molar refractivity (Wildman–Crippen MR) is 79.3 cm³/mol. The van der Waals surface area contributed by atoms with Crippen LogP contribution < -0.4 is 10.9 Å². The van der Waals surface area contributed by atoms with E-state index in [1.165, 1.54) is 17.8 Å². The van der Waals surface area contributed by atoms with E-state index in [0.29, 0.717) is 17.4 Å². The van der Waals surface area contributed by atoms with Gasteiger partial charge in [0.2, 0.25) is 5.91 Å². The standard InChI is InChI=1S/C15H17N3O2/c1-11(19)16-8-4-3-5-12-6-7-14-13(9-12)15(20)18(2)10-17-14/h3,5-7,9-10H,4,8H2,1-2H3,(H,16,19). The fraction of sp³-hybridized carbons (Fsp3) is 0.267. The van der Waals surface area contributed by atoms with Crippen molar-refractivity contribution >= 4 is 22.9 Å². The van der Waals surface area contributed by atoms with Gasteiger partial charge in [0.05, 0.1) is 17.2 Å². The van der Waals surface area contributed by atoms with E-state index in [-0.39, 0.29) is 11.5 Å². The lowest BCUT2D eigenvalue weighted by Crippen LogP contribution is -2.20. The van der Waals surface area contributed by atoms with Gasteiger partial charge in [0.25, 0.3) is 5.56 Å². The third-order valence-corrected chi connectivity index (χ3v) is 2.94. The van der Waals surface area contributed by atoms with E-state index in [0.717, 1.165) is 12.0 Å². The molecule has 0 aliphatic heterocycles. The molecule has 5 heteroatoms. The number of nitrogens with zero attached hydrogens (tertiary/aromatic N) is 2. The molecule has 0 fully saturated rings. The second-order valence-electron chi connectivity index (χ2n) is 4.61. The number of amides is 1. The highest BCUT2D eigenvalue weighted by Gasteiger charge is 2.01. The largest absolute Gasteiger partial charge is 0.356 e. The number of hydrogen-bond donors (Lipinski definition) is 1. The summed E-state index contributed by atoms with van der Waals surface area (Å²) in [5, 5.41) is 3.33. The van der Waals surface area contributed by atoms with Crippen LogP contribution >= 0.6 is 0 Å². The molecule has 0 aliphatic rings. The second kappa shape index (κ2) is 6.14. The van der Waals surface area contributed by atoms with Crippen molar-refractivity contribution in [3.8, 4) is 0 Å². The van der Waals surface area contributed by atoms with Gasteiger partial charge in [-0.2, -0.15) is 0 Å². The molecule has 0 bridgehead atoms. The van der Waals surface area contributed by atoms with Gasteiger partial charge in [-0.15, -0.1) is 0 Å². The molecule has 2 aromatic rings. The van der Waals surface area contributed by atoms with Crippen LogP contribution in [0, 0.1) is 0 Å². The first kappa shape index (κ1) is 14.0. The van der Waals surface area contributed by atoms with E-state index in [1.807, 2.05) is 30.4 Å². The Morgan fingerprint density at radius 3 is 3.00 bits per heavy atom. The molecule has 0 aliphatic carbocycles. The van der Waals surface area contributed by atoms with Crippen LogP contribution in [0.1, 0.15) is 18.9 Å². The van der Waals surface area contributed by atoms with Gasteiger partial charge < -0.3 is 9.88 Å². The number of benzene rings is 1. The summed E-state index contributed by atoms with van der Waals surface area (Å²) in [4.78, 5) is 26.9. The first-order chi connectivity index (χ1) is 9.58. The van der Waals surface area contributed by atoms with Gasteiger partial charge >= 0.3 is 0 Å². The Hall–Kier alpha value is -2.43. The molecule has 20 heavy (non-hydrogen) atoms. The first-order valence-electron chi connectivity index (χ1n) is 6.44. The molecule has 5 nitrogen and oxygen atoms in total. The molecule has 1 aromatic carbocycles. The summed E-state index contributed by atoms with van der Waals surface area (Å²) < 4.78 is 1.46. The quantitative estimate of drug-likeness (QED) is 0.856. The maximum atomic E-state index is 12.0. The van der Waals surface area contributed by atoms with E-state index in [2.05, 4.69) is 10.3 Å². The Bertz CT molecular complexity index is 717. The van der Waals surface area contributed by atoms with Crippen molar-refractivity contribution in [3.63, 3.8) is 0 Å². The summed E-state index contributed by atoms with van der Waals surface area (Å²) in [6.07, 6.45) is 6.18. The molecule has 1 aromatic heterocycles. The summed E-state index contributed by atoms with van der Waals surface area (Å²) in [6, 6.07) is 5.59. The highest BCUT2D eigenvalue weighted by molar-refractivity contribution is 5.80. The third-order valence-electron chi connectivity index (χ3n) is 2.94. The molecular weight excluding hydrogens is 254 g/mol. The predicted octanol–water partition coefficient (Wildman–Crippen LogP) is 1.47. The average molecular weight is 271 g/mol. The van der Waals surface area contributed by atoms with Crippen molar-refractivity contribution < 1.29 is 4.79 Å². The van der Waals surface area contributed by atoms with Crippen LogP contribution in [0.25, 0.3) is 17.0 Å². The van der Waals surface area contributed by atoms with Crippen molar-refractivity contribution in [2.24, 2.45) is 7.05 Å². The molecule has 0 saturated carbocycles. The van der Waals surface area contributed by atoms with E-state index in [1.54, 1.807) is 7.05 Å². The smallest absolute Gasteiger partial charge is 0.260 e. The van der Waals surface area contributed by atoms with Crippen LogP contribution in [0.3, 0.4) is 0 Å². The van der Waals surface area contributed by atoms with Gasteiger partial charge in [0.15, 0.2) is 0 Å². The van der Waals surface area contributed by atoms with Gasteiger partial charge in [-0.25, -0.2) is 4.98 Å². The number of nitrogens with one attached hydrogen (secondary N) is 1. The number of carbonyl (C=O) groups excluding carboxylic acids is 1. The Kier molecular flexibility index (Phi) is 4.30. The van der Waals surface area contributed by atoms with E-state index >= 15 is 0 Å². The Morgan fingerprint density at radius 2 is 2.25 bits per heavy atom. The lowest BCUT2D eigenvalue weighted by atomic mass is 10.1. The fourth-order valence-electron chi connectivity index (χ4n) is 1.88. The summed E-state index contributed by atoms with van der Waals surface area (Å²) in [7, 11) is 1.69. The number of fused-ring (bicyclic) bond motifs is 1. The van der Waals surface area contributed by atoms with Crippen LogP contribution in [0.5, 0.6) is 0 Å². The normalized spacial score (nSPS) is 11.1. The third kappa shape index (κ3) is 3.32. The Morgan fingerprint density at radius 1 is 1.45 bits per heavy atom. The zero-order valence-corrected chi connectivity index (χ0v) is 11.6. The maximum Gasteiger partial charge on any atom is 0.260 e. The maximum absolute atomic E-state index is 12.0. The zero-order valence-electron chi connectivity index (χ0n) is 11.6. The summed E-state index contributed by atoms with van der Waals surface area (Å²) in [5.74, 6) is -0.0290. The Balaban J connectivity index is 2.15. The number of aryl methyl sites for hydroxylation is 1. The van der Waals surface area contributed by atoms with E-state index in [4.69, 9.17) is 0 Å². The highest BCUT2D eigenvalue weighted by Crippen LogP contribution is 2.11. The molecule has 0 spiro atoms. The molecule has 0 radical (unpaired) electrons. The van der Waals surface area contributed by atoms with Gasteiger partial charge in [-0.1, -0.05) is 18.2 Å². The molecule has 0 atom stereocenters. The Labute approximate surface area is 117 Å². The molecule has 104 valence electrons. The highest BCUT2D eigenvalue weighted by atomic mass is 16.1. The van der Waals surface area contributed by atoms with Crippen molar-refractivity contribution in [1.29, 1.82) is 0 Å². The number of carbonyl (C=O) groups is 1. The lowest BCUT2D eigenvalue weighted by molar-refractivity contribution is -0.118. The minimum atomic E-state index is -0.0523. The van der Waals surface area contributed by atoms with Gasteiger partial charge in [-0.05, 0) is 24.1 Å². The molecule has 0 unspecified atom stereocenters. The number of rotatable bonds is 4. The van der Waals surface area contributed by atoms with Crippen molar-refractivity contribution in [2.45, 2.75) is 13.3 Å². The van der Waals surface area contributed by atoms with Crippen LogP contribution in [-0.4, -0.2) is 22.0 Å². The van der Waals surface area contributed by atoms with E-state index in [9.17, 15) is 9.59 Å². The number of hydrogen-bond acceptors (Lipinski definition) is 3. The monoisotopic (exact) mass is 271 g/mol. The van der Waals surface area contributed by atoms with Gasteiger partial charge in [-0.3, -0.25) is 9.59 Å². The van der Waals surface area contributed by atoms with Crippen molar-refractivity contribution in [2.75, 3.05) is 6.54 Å². The van der Waals surface area contributed by atoms with Crippen molar-refractivity contribution in [3.05, 3.63) is 46.5 Å². The second-order valence-corrected chi connectivity index (χ2v) is 4.61. The average Bonchev–Trinajstić information content (AvgIpc) is 2.42. The fourth-order valence-corrected chi connectivity index (χ4v) is 1.88. The summed E-state index contributed by atoms with van der Waals surface area (Å²) >= 11 is 0. The van der Waals surface area contributed by atoms with E-state index < -0.39 is 0 Å². The van der Waals surface area contributed by atoms with Crippen LogP contribution in [0.2, 0.25) is 0 Å². The zero-order chi connectivity index (χ0) is 14.5. The van der Waals surface area contributed by atoms with Gasteiger partial charge in [0.1, 0.15) is 0 Å². The molecule has 1 heterocycles. The molecule has 0 saturated heterocycles. The topological polar surface area (TPSA) is 64.0 Å². The van der Waals surface area contributed by atoms with Crippen molar-refractivity contribution in [1.82, 2.24) is 14.9 Å². The summed E-state index contributed by atoms with van der Waals surface area (Å²) in [6.45, 7) is 2.11. The molecule has 2 rings (SSSR count). The SMILES string of the molecule is CC(=O)NCCC=Cc1ccc2ncn(C)c(=O)c2c1. The molecule has 1 N–H and O–H groups in total. The molecular formula is C15H17N3O2. The summed E-state index contributed by atoms with van der Waals surface area (Å²) in [5.41, 5.74) is 1.59. The van der Waals surface area contributed by atoms with Gasteiger partial charge in [0, 0.05) is 20.5 Å².